The lowest BCUT2D eigenvalue weighted by Gasteiger charge is -2.32. The summed E-state index contributed by atoms with van der Waals surface area (Å²) in [5.41, 5.74) is 2.71. The van der Waals surface area contributed by atoms with Crippen molar-refractivity contribution in [2.75, 3.05) is 44.6 Å². The minimum absolute atomic E-state index is 0.140. The lowest BCUT2D eigenvalue weighted by Crippen LogP contribution is -3.15. The monoisotopic (exact) mass is 462 g/mol. The number of carbonyl (C=O) groups excluding carboxylic acids is 1. The molecule has 0 spiro atoms. The molecule has 0 bridgehead atoms. The summed E-state index contributed by atoms with van der Waals surface area (Å²) in [5, 5.41) is 13.0. The van der Waals surface area contributed by atoms with Crippen molar-refractivity contribution < 1.29 is 28.0 Å². The Morgan fingerprint density at radius 1 is 1.12 bits per heavy atom. The Hall–Kier alpha value is -2.46. The number of hydrogen-bond donors (Lipinski definition) is 3. The van der Waals surface area contributed by atoms with Crippen LogP contribution < -0.4 is 15.0 Å². The standard InChI is InChI=1S/C23H31N3O5S/c1-17-4-9-23(14-18(17)2)32(29,30)26-12-10-25(11-13-26)15-21(28)16-31-22-7-5-20(6-8-22)24-19(3)27/h4-9,14,21,28H,10-13,15-16H2,1-3H3,(H,24,27)/p+1/t21-/m1/s1. The predicted octanol–water partition coefficient (Wildman–Crippen LogP) is 0.591. The van der Waals surface area contributed by atoms with Gasteiger partial charge < -0.3 is 20.1 Å². The summed E-state index contributed by atoms with van der Waals surface area (Å²) in [6.45, 7) is 8.06. The normalized spacial score (nSPS) is 16.5. The maximum Gasteiger partial charge on any atom is 0.243 e. The van der Waals surface area contributed by atoms with Crippen LogP contribution in [-0.4, -0.2) is 69.2 Å². The van der Waals surface area contributed by atoms with Crippen LogP contribution in [0.1, 0.15) is 18.1 Å². The number of anilines is 1. The second-order valence-corrected chi connectivity index (χ2v) is 10.2. The minimum atomic E-state index is -3.50. The van der Waals surface area contributed by atoms with Crippen LogP contribution in [0.15, 0.2) is 47.4 Å². The van der Waals surface area contributed by atoms with Crippen LogP contribution in [0.5, 0.6) is 5.75 Å². The van der Waals surface area contributed by atoms with E-state index in [9.17, 15) is 18.3 Å². The fourth-order valence-corrected chi connectivity index (χ4v) is 5.22. The summed E-state index contributed by atoms with van der Waals surface area (Å²) in [5.74, 6) is 0.469. The van der Waals surface area contributed by atoms with E-state index in [1.54, 1.807) is 36.4 Å². The number of aliphatic hydroxyl groups excluding tert-OH is 1. The van der Waals surface area contributed by atoms with Crippen LogP contribution in [0.3, 0.4) is 0 Å². The van der Waals surface area contributed by atoms with Crippen molar-refractivity contribution in [3.05, 3.63) is 53.6 Å². The third-order valence-corrected chi connectivity index (χ3v) is 7.58. The molecule has 0 saturated carbocycles. The fourth-order valence-electron chi connectivity index (χ4n) is 3.69. The first-order valence-corrected chi connectivity index (χ1v) is 12.2. The lowest BCUT2D eigenvalue weighted by atomic mass is 10.1. The van der Waals surface area contributed by atoms with Crippen molar-refractivity contribution in [3.8, 4) is 5.75 Å². The molecule has 3 N–H and O–H groups in total. The Kier molecular flexibility index (Phi) is 7.89. The van der Waals surface area contributed by atoms with Gasteiger partial charge in [-0.15, -0.1) is 0 Å². The molecule has 32 heavy (non-hydrogen) atoms. The van der Waals surface area contributed by atoms with Gasteiger partial charge in [-0.3, -0.25) is 4.79 Å². The predicted molar refractivity (Wildman–Crippen MR) is 122 cm³/mol. The maximum absolute atomic E-state index is 12.9. The lowest BCUT2D eigenvalue weighted by molar-refractivity contribution is -0.906. The largest absolute Gasteiger partial charge is 0.491 e. The number of carbonyl (C=O) groups is 1. The van der Waals surface area contributed by atoms with Crippen molar-refractivity contribution in [1.82, 2.24) is 4.31 Å². The van der Waals surface area contributed by atoms with Crippen LogP contribution in [0, 0.1) is 13.8 Å². The number of aliphatic hydroxyl groups is 1. The zero-order chi connectivity index (χ0) is 23.3. The van der Waals surface area contributed by atoms with Crippen molar-refractivity contribution in [2.24, 2.45) is 0 Å². The number of piperazine rings is 1. The topological polar surface area (TPSA) is 100 Å². The summed E-state index contributed by atoms with van der Waals surface area (Å²) in [6, 6.07) is 12.2. The van der Waals surface area contributed by atoms with Crippen LogP contribution in [-0.2, 0) is 14.8 Å². The van der Waals surface area contributed by atoms with E-state index < -0.39 is 16.1 Å². The van der Waals surface area contributed by atoms with E-state index >= 15 is 0 Å². The number of amides is 1. The highest BCUT2D eigenvalue weighted by Gasteiger charge is 2.31. The van der Waals surface area contributed by atoms with Gasteiger partial charge in [0, 0.05) is 12.6 Å². The van der Waals surface area contributed by atoms with Crippen molar-refractivity contribution in [2.45, 2.75) is 31.8 Å². The number of benzene rings is 2. The van der Waals surface area contributed by atoms with Gasteiger partial charge >= 0.3 is 0 Å². The van der Waals surface area contributed by atoms with Gasteiger partial charge in [-0.1, -0.05) is 6.07 Å². The first-order chi connectivity index (χ1) is 15.1. The van der Waals surface area contributed by atoms with E-state index in [-0.39, 0.29) is 12.5 Å². The molecule has 1 aliphatic heterocycles. The third kappa shape index (κ3) is 6.29. The van der Waals surface area contributed by atoms with Gasteiger partial charge in [0.2, 0.25) is 15.9 Å². The average molecular weight is 463 g/mol. The smallest absolute Gasteiger partial charge is 0.243 e. The van der Waals surface area contributed by atoms with Gasteiger partial charge in [-0.25, -0.2) is 8.42 Å². The van der Waals surface area contributed by atoms with Gasteiger partial charge in [0.05, 0.1) is 31.1 Å². The SMILES string of the molecule is CC(=O)Nc1ccc(OC[C@H](O)C[NH+]2CCN(S(=O)(=O)c3ccc(C)c(C)c3)CC2)cc1. The molecule has 174 valence electrons. The number of rotatable bonds is 8. The zero-order valence-corrected chi connectivity index (χ0v) is 19.6. The molecule has 1 atom stereocenters. The molecule has 0 aromatic heterocycles. The summed E-state index contributed by atoms with van der Waals surface area (Å²) in [6.07, 6.45) is -0.664. The first-order valence-electron chi connectivity index (χ1n) is 10.7. The molecule has 0 radical (unpaired) electrons. The number of nitrogens with zero attached hydrogens (tertiary/aromatic N) is 1. The first kappa shape index (κ1) is 24.2. The number of sulfonamides is 1. The van der Waals surface area contributed by atoms with Gasteiger partial charge in [0.1, 0.15) is 25.0 Å². The highest BCUT2D eigenvalue weighted by molar-refractivity contribution is 7.89. The molecule has 9 heteroatoms. The summed E-state index contributed by atoms with van der Waals surface area (Å²) >= 11 is 0. The molecule has 1 heterocycles. The number of aryl methyl sites for hydroxylation is 2. The van der Waals surface area contributed by atoms with E-state index in [2.05, 4.69) is 5.32 Å². The molecule has 8 nitrogen and oxygen atoms in total. The Morgan fingerprint density at radius 2 is 1.78 bits per heavy atom. The van der Waals surface area contributed by atoms with E-state index in [1.807, 2.05) is 19.9 Å². The molecule has 1 saturated heterocycles. The molecule has 3 rings (SSSR count). The minimum Gasteiger partial charge on any atom is -0.491 e. The van der Waals surface area contributed by atoms with E-state index in [1.165, 1.54) is 11.2 Å². The summed E-state index contributed by atoms with van der Waals surface area (Å²) < 4.78 is 33.1. The number of quaternary nitrogens is 1. The summed E-state index contributed by atoms with van der Waals surface area (Å²) in [4.78, 5) is 12.5. The van der Waals surface area contributed by atoms with Crippen LogP contribution in [0.25, 0.3) is 0 Å². The van der Waals surface area contributed by atoms with E-state index in [4.69, 9.17) is 4.74 Å². The average Bonchev–Trinajstić information content (AvgIpc) is 2.75. The highest BCUT2D eigenvalue weighted by Crippen LogP contribution is 2.19. The van der Waals surface area contributed by atoms with Crippen LogP contribution in [0.4, 0.5) is 5.69 Å². The molecule has 2 aromatic carbocycles. The molecule has 1 aliphatic rings. The molecular formula is C23H32N3O5S+. The second-order valence-electron chi connectivity index (χ2n) is 8.27. The summed E-state index contributed by atoms with van der Waals surface area (Å²) in [7, 11) is -3.50. The Labute approximate surface area is 189 Å². The molecule has 0 aliphatic carbocycles. The quantitative estimate of drug-likeness (QED) is 0.533. The molecule has 1 amide bonds. The Morgan fingerprint density at radius 3 is 2.38 bits per heavy atom. The van der Waals surface area contributed by atoms with Gasteiger partial charge in [-0.05, 0) is 61.4 Å². The van der Waals surface area contributed by atoms with Crippen molar-refractivity contribution >= 4 is 21.6 Å². The number of nitrogens with one attached hydrogen (secondary N) is 2. The maximum atomic E-state index is 12.9. The van der Waals surface area contributed by atoms with E-state index in [0.717, 1.165) is 16.0 Å². The van der Waals surface area contributed by atoms with Crippen LogP contribution in [0.2, 0.25) is 0 Å². The zero-order valence-electron chi connectivity index (χ0n) is 18.8. The van der Waals surface area contributed by atoms with E-state index in [0.29, 0.717) is 49.1 Å². The second kappa shape index (κ2) is 10.4. The highest BCUT2D eigenvalue weighted by atomic mass is 32.2. The van der Waals surface area contributed by atoms with Gasteiger partial charge in [-0.2, -0.15) is 4.31 Å². The fraction of sp³-hybridized carbons (Fsp3) is 0.435. The van der Waals surface area contributed by atoms with Crippen molar-refractivity contribution in [3.63, 3.8) is 0 Å². The van der Waals surface area contributed by atoms with Crippen molar-refractivity contribution in [1.29, 1.82) is 0 Å². The Bertz CT molecular complexity index is 1030. The molecule has 0 unspecified atom stereocenters. The molecular weight excluding hydrogens is 430 g/mol. The molecule has 2 aromatic rings. The van der Waals surface area contributed by atoms with Gasteiger partial charge in [0.15, 0.2) is 0 Å². The number of hydrogen-bond acceptors (Lipinski definition) is 5. The van der Waals surface area contributed by atoms with Gasteiger partial charge in [0.25, 0.3) is 0 Å². The Balaban J connectivity index is 1.46. The number of ether oxygens (including phenoxy) is 1. The third-order valence-electron chi connectivity index (χ3n) is 5.69. The molecule has 1 fully saturated rings. The van der Waals surface area contributed by atoms with Crippen LogP contribution >= 0.6 is 0 Å².